The van der Waals surface area contributed by atoms with E-state index < -0.39 is 0 Å². The summed E-state index contributed by atoms with van der Waals surface area (Å²) in [6.45, 7) is 2.15. The summed E-state index contributed by atoms with van der Waals surface area (Å²) in [6, 6.07) is 31.9. The maximum absolute atomic E-state index is 5.13. The van der Waals surface area contributed by atoms with Gasteiger partial charge in [0.15, 0.2) is 0 Å². The lowest BCUT2D eigenvalue weighted by Gasteiger charge is -2.13. The van der Waals surface area contributed by atoms with Crippen molar-refractivity contribution >= 4 is 43.5 Å². The Morgan fingerprint density at radius 1 is 0.552 bits per heavy atom. The standard InChI is InChI=1S/C27H18N2/c1-17-8-2-6-12-21(17)26-22-14-18-9-3-4-10-19(18)15-23(22)27-25(29-26)16-20-11-5-7-13-24(20)28-27/h2-16H,1H3. The fourth-order valence-electron chi connectivity index (χ4n) is 4.24. The summed E-state index contributed by atoms with van der Waals surface area (Å²) in [5.74, 6) is 0. The molecule has 2 nitrogen and oxygen atoms in total. The van der Waals surface area contributed by atoms with Gasteiger partial charge in [0.2, 0.25) is 0 Å². The van der Waals surface area contributed by atoms with Crippen LogP contribution in [0.5, 0.6) is 0 Å². The number of rotatable bonds is 1. The maximum atomic E-state index is 5.13. The van der Waals surface area contributed by atoms with Crippen LogP contribution >= 0.6 is 0 Å². The van der Waals surface area contributed by atoms with E-state index >= 15 is 0 Å². The molecule has 6 aromatic rings. The molecule has 136 valence electrons. The average Bonchev–Trinajstić information content (AvgIpc) is 2.76. The molecule has 4 aromatic carbocycles. The third-order valence-electron chi connectivity index (χ3n) is 5.73. The molecule has 0 aliphatic heterocycles. The number of hydrogen-bond donors (Lipinski definition) is 0. The zero-order valence-electron chi connectivity index (χ0n) is 16.1. The van der Waals surface area contributed by atoms with Crippen molar-refractivity contribution in [2.45, 2.75) is 6.92 Å². The van der Waals surface area contributed by atoms with E-state index in [1.807, 2.05) is 12.1 Å². The van der Waals surface area contributed by atoms with Crippen LogP contribution in [-0.2, 0) is 0 Å². The predicted molar refractivity (Wildman–Crippen MR) is 122 cm³/mol. The Morgan fingerprint density at radius 3 is 2.00 bits per heavy atom. The molecule has 0 fully saturated rings. The van der Waals surface area contributed by atoms with Crippen molar-refractivity contribution in [3.63, 3.8) is 0 Å². The van der Waals surface area contributed by atoms with E-state index in [1.54, 1.807) is 0 Å². The first-order valence-electron chi connectivity index (χ1n) is 9.86. The highest BCUT2D eigenvalue weighted by molar-refractivity contribution is 6.15. The van der Waals surface area contributed by atoms with Crippen molar-refractivity contribution in [2.75, 3.05) is 0 Å². The number of pyridine rings is 2. The van der Waals surface area contributed by atoms with E-state index in [1.165, 1.54) is 21.9 Å². The Labute approximate surface area is 168 Å². The molecule has 2 heteroatoms. The van der Waals surface area contributed by atoms with Gasteiger partial charge >= 0.3 is 0 Å². The summed E-state index contributed by atoms with van der Waals surface area (Å²) in [5.41, 5.74) is 6.31. The summed E-state index contributed by atoms with van der Waals surface area (Å²) < 4.78 is 0. The molecule has 6 rings (SSSR count). The Balaban J connectivity index is 1.85. The molecule has 0 aliphatic rings. The molecule has 0 amide bonds. The van der Waals surface area contributed by atoms with Gasteiger partial charge < -0.3 is 0 Å². The summed E-state index contributed by atoms with van der Waals surface area (Å²) in [6.07, 6.45) is 0. The Bertz CT molecular complexity index is 1560. The summed E-state index contributed by atoms with van der Waals surface area (Å²) >= 11 is 0. The Hall–Kier alpha value is -3.78. The van der Waals surface area contributed by atoms with E-state index in [0.717, 1.165) is 38.4 Å². The number of nitrogens with zero attached hydrogens (tertiary/aromatic N) is 2. The molecule has 2 aromatic heterocycles. The van der Waals surface area contributed by atoms with E-state index in [0.29, 0.717) is 0 Å². The van der Waals surface area contributed by atoms with Crippen molar-refractivity contribution < 1.29 is 0 Å². The van der Waals surface area contributed by atoms with Crippen LogP contribution in [0.4, 0.5) is 0 Å². The molecular formula is C27H18N2. The van der Waals surface area contributed by atoms with E-state index in [9.17, 15) is 0 Å². The maximum Gasteiger partial charge on any atom is 0.0973 e. The third kappa shape index (κ3) is 2.50. The Kier molecular flexibility index (Phi) is 3.41. The summed E-state index contributed by atoms with van der Waals surface area (Å²) in [7, 11) is 0. The van der Waals surface area contributed by atoms with E-state index in [2.05, 4.69) is 85.8 Å². The highest BCUT2D eigenvalue weighted by atomic mass is 14.8. The first-order chi connectivity index (χ1) is 14.3. The van der Waals surface area contributed by atoms with Crippen LogP contribution in [0.25, 0.3) is 54.7 Å². The molecule has 0 bridgehead atoms. The van der Waals surface area contributed by atoms with Gasteiger partial charge in [-0.1, -0.05) is 66.7 Å². The molecule has 0 N–H and O–H groups in total. The lowest BCUT2D eigenvalue weighted by molar-refractivity contribution is 1.37. The number of hydrogen-bond acceptors (Lipinski definition) is 2. The molecule has 0 unspecified atom stereocenters. The number of fused-ring (bicyclic) bond motifs is 5. The summed E-state index contributed by atoms with van der Waals surface area (Å²) in [4.78, 5) is 10.1. The monoisotopic (exact) mass is 370 g/mol. The van der Waals surface area contributed by atoms with Crippen molar-refractivity contribution in [1.82, 2.24) is 9.97 Å². The lowest BCUT2D eigenvalue weighted by atomic mass is 9.96. The van der Waals surface area contributed by atoms with Crippen molar-refractivity contribution in [3.8, 4) is 11.3 Å². The molecule has 0 spiro atoms. The van der Waals surface area contributed by atoms with Crippen molar-refractivity contribution in [1.29, 1.82) is 0 Å². The zero-order valence-corrected chi connectivity index (χ0v) is 16.1. The van der Waals surface area contributed by atoms with Gasteiger partial charge in [0, 0.05) is 21.7 Å². The minimum atomic E-state index is 0.935. The number of benzene rings is 4. The second-order valence-corrected chi connectivity index (χ2v) is 7.57. The smallest absolute Gasteiger partial charge is 0.0973 e. The Morgan fingerprint density at radius 2 is 1.21 bits per heavy atom. The molecular weight excluding hydrogens is 352 g/mol. The van der Waals surface area contributed by atoms with Crippen LogP contribution in [-0.4, -0.2) is 9.97 Å². The number of aromatic nitrogens is 2. The van der Waals surface area contributed by atoms with Gasteiger partial charge in [0.25, 0.3) is 0 Å². The highest BCUT2D eigenvalue weighted by Crippen LogP contribution is 2.36. The normalized spacial score (nSPS) is 11.6. The molecule has 0 aliphatic carbocycles. The van der Waals surface area contributed by atoms with Crippen LogP contribution < -0.4 is 0 Å². The highest BCUT2D eigenvalue weighted by Gasteiger charge is 2.14. The SMILES string of the molecule is Cc1ccccc1-c1nc2cc3ccccc3nc2c2cc3ccccc3cc12. The van der Waals surface area contributed by atoms with Gasteiger partial charge in [-0.25, -0.2) is 9.97 Å². The lowest BCUT2D eigenvalue weighted by Crippen LogP contribution is -1.94. The molecule has 0 saturated carbocycles. The number of aryl methyl sites for hydroxylation is 1. The predicted octanol–water partition coefficient (Wildman–Crippen LogP) is 7.06. The van der Waals surface area contributed by atoms with Crippen LogP contribution in [0.15, 0.2) is 91.0 Å². The van der Waals surface area contributed by atoms with Gasteiger partial charge in [-0.2, -0.15) is 0 Å². The quantitative estimate of drug-likeness (QED) is 0.229. The van der Waals surface area contributed by atoms with Crippen molar-refractivity contribution in [3.05, 3.63) is 96.6 Å². The van der Waals surface area contributed by atoms with Gasteiger partial charge in [0.1, 0.15) is 0 Å². The first kappa shape index (κ1) is 16.2. The van der Waals surface area contributed by atoms with Crippen LogP contribution in [0.2, 0.25) is 0 Å². The third-order valence-corrected chi connectivity index (χ3v) is 5.73. The fraction of sp³-hybridized carbons (Fsp3) is 0.0370. The molecule has 0 radical (unpaired) electrons. The van der Waals surface area contributed by atoms with Gasteiger partial charge in [-0.15, -0.1) is 0 Å². The average molecular weight is 370 g/mol. The number of para-hydroxylation sites is 1. The van der Waals surface area contributed by atoms with E-state index in [-0.39, 0.29) is 0 Å². The topological polar surface area (TPSA) is 25.8 Å². The fourth-order valence-corrected chi connectivity index (χ4v) is 4.24. The summed E-state index contributed by atoms with van der Waals surface area (Å²) in [5, 5.41) is 5.85. The molecule has 2 heterocycles. The largest absolute Gasteiger partial charge is 0.245 e. The second-order valence-electron chi connectivity index (χ2n) is 7.57. The van der Waals surface area contributed by atoms with Crippen LogP contribution in [0.1, 0.15) is 5.56 Å². The van der Waals surface area contributed by atoms with Crippen LogP contribution in [0, 0.1) is 6.92 Å². The first-order valence-corrected chi connectivity index (χ1v) is 9.86. The van der Waals surface area contributed by atoms with Gasteiger partial charge in [0.05, 0.1) is 22.2 Å². The minimum Gasteiger partial charge on any atom is -0.245 e. The molecule has 0 saturated heterocycles. The minimum absolute atomic E-state index is 0.935. The second kappa shape index (κ2) is 6.11. The molecule has 0 atom stereocenters. The molecule has 29 heavy (non-hydrogen) atoms. The van der Waals surface area contributed by atoms with Gasteiger partial charge in [-0.3, -0.25) is 0 Å². The van der Waals surface area contributed by atoms with E-state index in [4.69, 9.17) is 9.97 Å². The van der Waals surface area contributed by atoms with Gasteiger partial charge in [-0.05, 0) is 47.5 Å². The zero-order chi connectivity index (χ0) is 19.4. The van der Waals surface area contributed by atoms with Crippen molar-refractivity contribution in [2.24, 2.45) is 0 Å². The van der Waals surface area contributed by atoms with Crippen LogP contribution in [0.3, 0.4) is 0 Å².